The molecular formula is C20H26N2O3S. The third-order valence-corrected chi connectivity index (χ3v) is 5.70. The van der Waals surface area contributed by atoms with Crippen LogP contribution in [-0.2, 0) is 21.2 Å². The zero-order valence-electron chi connectivity index (χ0n) is 15.9. The van der Waals surface area contributed by atoms with Crippen LogP contribution in [0.3, 0.4) is 0 Å². The van der Waals surface area contributed by atoms with E-state index in [0.29, 0.717) is 11.4 Å². The molecule has 0 spiro atoms. The van der Waals surface area contributed by atoms with Gasteiger partial charge in [0.1, 0.15) is 6.04 Å². The predicted octanol–water partition coefficient (Wildman–Crippen LogP) is 3.66. The van der Waals surface area contributed by atoms with Gasteiger partial charge in [0, 0.05) is 5.69 Å². The fourth-order valence-electron chi connectivity index (χ4n) is 2.74. The second kappa shape index (κ2) is 7.91. The van der Waals surface area contributed by atoms with Gasteiger partial charge in [-0.15, -0.1) is 0 Å². The Balaban J connectivity index is 2.29. The average molecular weight is 375 g/mol. The maximum absolute atomic E-state index is 12.7. The Hall–Kier alpha value is -2.34. The number of carbonyl (C=O) groups excluding carboxylic acids is 1. The maximum atomic E-state index is 12.7. The van der Waals surface area contributed by atoms with Crippen LogP contribution in [0.15, 0.2) is 42.5 Å². The molecule has 26 heavy (non-hydrogen) atoms. The fourth-order valence-corrected chi connectivity index (χ4v) is 3.91. The van der Waals surface area contributed by atoms with Crippen molar-refractivity contribution < 1.29 is 13.2 Å². The molecule has 0 aliphatic carbocycles. The van der Waals surface area contributed by atoms with E-state index in [9.17, 15) is 13.2 Å². The predicted molar refractivity (Wildman–Crippen MR) is 107 cm³/mol. The third-order valence-electron chi connectivity index (χ3n) is 4.46. The van der Waals surface area contributed by atoms with Crippen molar-refractivity contribution in [1.82, 2.24) is 0 Å². The standard InChI is InChI=1S/C20H26N2O3S/c1-6-17-8-10-18(11-9-17)21-20(23)16(4)22(26(5,24)25)19-12-7-14(2)15(3)13-19/h7-13,16H,6H2,1-5H3,(H,21,23)/t16-/m0/s1. The first kappa shape index (κ1) is 20.0. The summed E-state index contributed by atoms with van der Waals surface area (Å²) in [7, 11) is -3.62. The molecule has 0 radical (unpaired) electrons. The number of benzene rings is 2. The van der Waals surface area contributed by atoms with E-state index in [4.69, 9.17) is 0 Å². The number of hydrogen-bond acceptors (Lipinski definition) is 3. The number of nitrogens with one attached hydrogen (secondary N) is 1. The molecule has 0 bridgehead atoms. The second-order valence-electron chi connectivity index (χ2n) is 6.54. The lowest BCUT2D eigenvalue weighted by atomic mass is 10.1. The van der Waals surface area contributed by atoms with Crippen LogP contribution in [0.1, 0.15) is 30.5 Å². The summed E-state index contributed by atoms with van der Waals surface area (Å²) in [6.45, 7) is 7.52. The van der Waals surface area contributed by atoms with Gasteiger partial charge in [0.2, 0.25) is 15.9 Å². The Labute approximate surface area is 156 Å². The molecule has 0 aromatic heterocycles. The Morgan fingerprint density at radius 2 is 1.69 bits per heavy atom. The van der Waals surface area contributed by atoms with Gasteiger partial charge in [-0.1, -0.05) is 25.1 Å². The summed E-state index contributed by atoms with van der Waals surface area (Å²) in [6.07, 6.45) is 2.03. The van der Waals surface area contributed by atoms with Crippen LogP contribution < -0.4 is 9.62 Å². The lowest BCUT2D eigenvalue weighted by Crippen LogP contribution is -2.45. The van der Waals surface area contributed by atoms with E-state index in [2.05, 4.69) is 12.2 Å². The Morgan fingerprint density at radius 3 is 2.19 bits per heavy atom. The number of hydrogen-bond donors (Lipinski definition) is 1. The Kier molecular flexibility index (Phi) is 6.08. The zero-order chi connectivity index (χ0) is 19.5. The average Bonchev–Trinajstić information content (AvgIpc) is 2.57. The normalized spacial score (nSPS) is 12.5. The smallest absolute Gasteiger partial charge is 0.247 e. The summed E-state index contributed by atoms with van der Waals surface area (Å²) in [5.41, 5.74) is 4.34. The highest BCUT2D eigenvalue weighted by molar-refractivity contribution is 7.92. The molecule has 1 N–H and O–H groups in total. The van der Waals surface area contributed by atoms with Gasteiger partial charge in [-0.3, -0.25) is 9.10 Å². The first-order valence-electron chi connectivity index (χ1n) is 8.60. The summed E-state index contributed by atoms with van der Waals surface area (Å²) >= 11 is 0. The molecule has 140 valence electrons. The van der Waals surface area contributed by atoms with E-state index in [1.165, 1.54) is 5.56 Å². The van der Waals surface area contributed by atoms with Gasteiger partial charge >= 0.3 is 0 Å². The first-order valence-corrected chi connectivity index (χ1v) is 10.4. The number of rotatable bonds is 6. The van der Waals surface area contributed by atoms with Crippen LogP contribution in [0.25, 0.3) is 0 Å². The van der Waals surface area contributed by atoms with Gasteiger partial charge in [0.05, 0.1) is 11.9 Å². The van der Waals surface area contributed by atoms with Crippen molar-refractivity contribution in [2.24, 2.45) is 0 Å². The lowest BCUT2D eigenvalue weighted by molar-refractivity contribution is -0.116. The molecule has 0 fully saturated rings. The molecule has 1 atom stereocenters. The fraction of sp³-hybridized carbons (Fsp3) is 0.350. The number of anilines is 2. The molecule has 2 rings (SSSR count). The van der Waals surface area contributed by atoms with Crippen molar-refractivity contribution in [2.45, 2.75) is 40.2 Å². The first-order chi connectivity index (χ1) is 12.1. The minimum atomic E-state index is -3.62. The van der Waals surface area contributed by atoms with Crippen LogP contribution >= 0.6 is 0 Å². The SMILES string of the molecule is CCc1ccc(NC(=O)[C@H](C)N(c2ccc(C)c(C)c2)S(C)(=O)=O)cc1. The second-order valence-corrected chi connectivity index (χ2v) is 8.40. The lowest BCUT2D eigenvalue weighted by Gasteiger charge is -2.28. The van der Waals surface area contributed by atoms with Gasteiger partial charge in [0.25, 0.3) is 0 Å². The number of aryl methyl sites for hydroxylation is 3. The molecule has 0 saturated heterocycles. The molecule has 0 saturated carbocycles. The van der Waals surface area contributed by atoms with Crippen molar-refractivity contribution >= 4 is 27.3 Å². The third kappa shape index (κ3) is 4.64. The zero-order valence-corrected chi connectivity index (χ0v) is 16.7. The van der Waals surface area contributed by atoms with Gasteiger partial charge < -0.3 is 5.32 Å². The Bertz CT molecular complexity index is 890. The minimum Gasteiger partial charge on any atom is -0.324 e. The number of nitrogens with zero attached hydrogens (tertiary/aromatic N) is 1. The summed E-state index contributed by atoms with van der Waals surface area (Å²) in [6, 6.07) is 12.0. The molecule has 5 nitrogen and oxygen atoms in total. The van der Waals surface area contributed by atoms with Gasteiger partial charge in [0.15, 0.2) is 0 Å². The molecule has 1 amide bonds. The molecule has 6 heteroatoms. The molecule has 2 aromatic carbocycles. The quantitative estimate of drug-likeness (QED) is 0.839. The van der Waals surface area contributed by atoms with Crippen LogP contribution in [0.2, 0.25) is 0 Å². The van der Waals surface area contributed by atoms with E-state index in [1.54, 1.807) is 19.1 Å². The molecule has 0 unspecified atom stereocenters. The van der Waals surface area contributed by atoms with E-state index < -0.39 is 16.1 Å². The highest BCUT2D eigenvalue weighted by Crippen LogP contribution is 2.24. The van der Waals surface area contributed by atoms with Crippen molar-refractivity contribution in [3.05, 3.63) is 59.2 Å². The number of carbonyl (C=O) groups is 1. The number of amides is 1. The van der Waals surface area contributed by atoms with Crippen LogP contribution in [0, 0.1) is 13.8 Å². The van der Waals surface area contributed by atoms with Gasteiger partial charge in [-0.2, -0.15) is 0 Å². The summed E-state index contributed by atoms with van der Waals surface area (Å²) < 4.78 is 25.9. The molecule has 0 aliphatic rings. The summed E-state index contributed by atoms with van der Waals surface area (Å²) in [5.74, 6) is -0.377. The van der Waals surface area contributed by atoms with Gasteiger partial charge in [-0.25, -0.2) is 8.42 Å². The molecule has 0 heterocycles. The van der Waals surface area contributed by atoms with E-state index in [1.807, 2.05) is 44.2 Å². The molecule has 0 aliphatic heterocycles. The van der Waals surface area contributed by atoms with Crippen molar-refractivity contribution in [3.8, 4) is 0 Å². The largest absolute Gasteiger partial charge is 0.324 e. The van der Waals surface area contributed by atoms with E-state index in [-0.39, 0.29) is 5.91 Å². The highest BCUT2D eigenvalue weighted by Gasteiger charge is 2.29. The topological polar surface area (TPSA) is 66.5 Å². The number of sulfonamides is 1. The van der Waals surface area contributed by atoms with Crippen molar-refractivity contribution in [2.75, 3.05) is 15.9 Å². The van der Waals surface area contributed by atoms with E-state index >= 15 is 0 Å². The van der Waals surface area contributed by atoms with Crippen LogP contribution in [-0.4, -0.2) is 26.6 Å². The van der Waals surface area contributed by atoms with E-state index in [0.717, 1.165) is 28.1 Å². The van der Waals surface area contributed by atoms with Gasteiger partial charge in [-0.05, 0) is 68.1 Å². The Morgan fingerprint density at radius 1 is 1.08 bits per heavy atom. The van der Waals surface area contributed by atoms with Crippen molar-refractivity contribution in [3.63, 3.8) is 0 Å². The molecule has 2 aromatic rings. The summed E-state index contributed by atoms with van der Waals surface area (Å²) in [5, 5.41) is 2.80. The van der Waals surface area contributed by atoms with Crippen LogP contribution in [0.4, 0.5) is 11.4 Å². The monoisotopic (exact) mass is 374 g/mol. The highest BCUT2D eigenvalue weighted by atomic mass is 32.2. The minimum absolute atomic E-state index is 0.377. The van der Waals surface area contributed by atoms with Crippen molar-refractivity contribution in [1.29, 1.82) is 0 Å². The maximum Gasteiger partial charge on any atom is 0.247 e. The van der Waals surface area contributed by atoms with Crippen LogP contribution in [0.5, 0.6) is 0 Å². The summed E-state index contributed by atoms with van der Waals surface area (Å²) in [4.78, 5) is 12.7. The molecular weight excluding hydrogens is 348 g/mol.